The summed E-state index contributed by atoms with van der Waals surface area (Å²) in [5.41, 5.74) is 1.41. The van der Waals surface area contributed by atoms with Crippen molar-refractivity contribution in [1.82, 2.24) is 5.16 Å². The van der Waals surface area contributed by atoms with Gasteiger partial charge in [0.2, 0.25) is 0 Å². The third-order valence-electron chi connectivity index (χ3n) is 2.22. The Morgan fingerprint density at radius 1 is 1.53 bits per heavy atom. The second-order valence-electron chi connectivity index (χ2n) is 3.52. The largest absolute Gasteiger partial charge is 0.384 e. The Morgan fingerprint density at radius 2 is 2.37 bits per heavy atom. The number of halogens is 1. The van der Waals surface area contributed by atoms with Crippen molar-refractivity contribution in [2.75, 3.05) is 11.9 Å². The topological polar surface area (TPSA) is 75.4 Å². The van der Waals surface area contributed by atoms with Crippen LogP contribution in [0.1, 0.15) is 15.9 Å². The summed E-state index contributed by atoms with van der Waals surface area (Å²) in [6.07, 6.45) is 2.71. The van der Waals surface area contributed by atoms with Crippen molar-refractivity contribution in [3.8, 4) is 11.8 Å². The van der Waals surface area contributed by atoms with Crippen LogP contribution >= 0.6 is 11.6 Å². The molecule has 0 saturated carbocycles. The molecule has 0 aliphatic carbocycles. The molecule has 1 aromatic carbocycles. The standard InChI is InChI=1S/C13H9ClN2O3/c14-12-6-10(4-3-9(12)2-1-5-17)13(18)16-11-7-15-19-8-11/h3-4,6-8,17H,5H2,(H,16,18). The van der Waals surface area contributed by atoms with Gasteiger partial charge in [-0.2, -0.15) is 0 Å². The zero-order valence-electron chi connectivity index (χ0n) is 9.68. The van der Waals surface area contributed by atoms with Crippen LogP contribution in [0.5, 0.6) is 0 Å². The highest BCUT2D eigenvalue weighted by molar-refractivity contribution is 6.32. The van der Waals surface area contributed by atoms with E-state index in [0.717, 1.165) is 0 Å². The van der Waals surface area contributed by atoms with Crippen LogP contribution in [0, 0.1) is 11.8 Å². The molecule has 2 N–H and O–H groups in total. The van der Waals surface area contributed by atoms with Crippen molar-refractivity contribution in [3.63, 3.8) is 0 Å². The zero-order chi connectivity index (χ0) is 13.7. The third-order valence-corrected chi connectivity index (χ3v) is 2.54. The lowest BCUT2D eigenvalue weighted by Crippen LogP contribution is -2.11. The van der Waals surface area contributed by atoms with Crippen molar-refractivity contribution in [2.45, 2.75) is 0 Å². The summed E-state index contributed by atoms with van der Waals surface area (Å²) in [5, 5.41) is 15.0. The molecular weight excluding hydrogens is 268 g/mol. The van der Waals surface area contributed by atoms with Crippen LogP contribution in [0.2, 0.25) is 5.02 Å². The van der Waals surface area contributed by atoms with E-state index in [1.165, 1.54) is 18.5 Å². The van der Waals surface area contributed by atoms with Crippen LogP contribution in [0.4, 0.5) is 5.69 Å². The minimum atomic E-state index is -0.327. The fourth-order valence-corrected chi connectivity index (χ4v) is 1.59. The summed E-state index contributed by atoms with van der Waals surface area (Å²) in [6, 6.07) is 4.72. The summed E-state index contributed by atoms with van der Waals surface area (Å²) in [7, 11) is 0. The maximum absolute atomic E-state index is 11.9. The van der Waals surface area contributed by atoms with E-state index in [1.54, 1.807) is 12.1 Å². The average molecular weight is 277 g/mol. The van der Waals surface area contributed by atoms with Crippen LogP contribution < -0.4 is 5.32 Å². The molecule has 0 aliphatic heterocycles. The summed E-state index contributed by atoms with van der Waals surface area (Å²) in [5.74, 6) is 4.85. The van der Waals surface area contributed by atoms with E-state index in [9.17, 15) is 4.79 Å². The van der Waals surface area contributed by atoms with Gasteiger partial charge in [-0.25, -0.2) is 0 Å². The molecule has 2 aromatic rings. The van der Waals surface area contributed by atoms with Gasteiger partial charge in [-0.1, -0.05) is 28.6 Å². The van der Waals surface area contributed by atoms with E-state index < -0.39 is 0 Å². The summed E-state index contributed by atoms with van der Waals surface area (Å²) in [4.78, 5) is 11.9. The van der Waals surface area contributed by atoms with E-state index >= 15 is 0 Å². The normalized spacial score (nSPS) is 9.58. The minimum Gasteiger partial charge on any atom is -0.384 e. The first-order chi connectivity index (χ1) is 9.20. The van der Waals surface area contributed by atoms with Gasteiger partial charge in [0.05, 0.1) is 11.2 Å². The smallest absolute Gasteiger partial charge is 0.255 e. The number of nitrogens with one attached hydrogen (secondary N) is 1. The lowest BCUT2D eigenvalue weighted by Gasteiger charge is -2.03. The molecule has 2 rings (SSSR count). The quantitative estimate of drug-likeness (QED) is 0.822. The molecule has 5 nitrogen and oxygen atoms in total. The number of amides is 1. The van der Waals surface area contributed by atoms with Gasteiger partial charge in [0.1, 0.15) is 18.6 Å². The molecule has 96 valence electrons. The molecule has 0 saturated heterocycles. The first-order valence-corrected chi connectivity index (χ1v) is 5.68. The molecule has 19 heavy (non-hydrogen) atoms. The first-order valence-electron chi connectivity index (χ1n) is 5.30. The Labute approximate surface area is 114 Å². The molecule has 0 radical (unpaired) electrons. The van der Waals surface area contributed by atoms with E-state index in [-0.39, 0.29) is 12.5 Å². The van der Waals surface area contributed by atoms with Crippen LogP contribution in [0.25, 0.3) is 0 Å². The van der Waals surface area contributed by atoms with Crippen molar-refractivity contribution in [3.05, 3.63) is 46.8 Å². The Morgan fingerprint density at radius 3 is 3.00 bits per heavy atom. The van der Waals surface area contributed by atoms with Crippen molar-refractivity contribution in [2.24, 2.45) is 0 Å². The maximum atomic E-state index is 11.9. The summed E-state index contributed by atoms with van der Waals surface area (Å²) in [6.45, 7) is -0.244. The van der Waals surface area contributed by atoms with E-state index in [4.69, 9.17) is 16.7 Å². The van der Waals surface area contributed by atoms with Gasteiger partial charge in [-0.05, 0) is 18.2 Å². The number of anilines is 1. The molecule has 1 aromatic heterocycles. The minimum absolute atomic E-state index is 0.244. The molecule has 0 aliphatic rings. The SMILES string of the molecule is O=C(Nc1cnoc1)c1ccc(C#CCO)c(Cl)c1. The van der Waals surface area contributed by atoms with Crippen LogP contribution in [0.3, 0.4) is 0 Å². The molecule has 1 heterocycles. The number of aliphatic hydroxyl groups is 1. The summed E-state index contributed by atoms with van der Waals surface area (Å²) >= 11 is 6.00. The van der Waals surface area contributed by atoms with Gasteiger partial charge in [0.25, 0.3) is 5.91 Å². The van der Waals surface area contributed by atoms with Gasteiger partial charge in [-0.3, -0.25) is 4.79 Å². The number of aliphatic hydroxyl groups excluding tert-OH is 1. The summed E-state index contributed by atoms with van der Waals surface area (Å²) < 4.78 is 4.61. The predicted octanol–water partition coefficient (Wildman–Crippen LogP) is 1.92. The number of carbonyl (C=O) groups is 1. The molecule has 0 unspecified atom stereocenters. The van der Waals surface area contributed by atoms with Gasteiger partial charge < -0.3 is 14.9 Å². The van der Waals surface area contributed by atoms with Gasteiger partial charge in [0, 0.05) is 11.1 Å². The predicted molar refractivity (Wildman–Crippen MR) is 69.9 cm³/mol. The molecular formula is C13H9ClN2O3. The van der Waals surface area contributed by atoms with Gasteiger partial charge in [0.15, 0.2) is 0 Å². The zero-order valence-corrected chi connectivity index (χ0v) is 10.4. The fourth-order valence-electron chi connectivity index (χ4n) is 1.36. The molecule has 0 bridgehead atoms. The van der Waals surface area contributed by atoms with Gasteiger partial charge >= 0.3 is 0 Å². The Hall–Kier alpha value is -2.29. The van der Waals surface area contributed by atoms with Gasteiger partial charge in [-0.15, -0.1) is 0 Å². The highest BCUT2D eigenvalue weighted by Crippen LogP contribution is 2.18. The Balaban J connectivity index is 2.17. The van der Waals surface area contributed by atoms with Crippen molar-refractivity contribution >= 4 is 23.2 Å². The van der Waals surface area contributed by atoms with E-state index in [0.29, 0.717) is 21.8 Å². The number of hydrogen-bond donors (Lipinski definition) is 2. The number of benzene rings is 1. The molecule has 6 heteroatoms. The van der Waals surface area contributed by atoms with E-state index in [1.807, 2.05) is 0 Å². The van der Waals surface area contributed by atoms with Crippen molar-refractivity contribution < 1.29 is 14.4 Å². The number of carbonyl (C=O) groups excluding carboxylic acids is 1. The second-order valence-corrected chi connectivity index (χ2v) is 3.93. The average Bonchev–Trinajstić information content (AvgIpc) is 2.90. The molecule has 0 fully saturated rings. The number of rotatable bonds is 2. The lowest BCUT2D eigenvalue weighted by molar-refractivity contribution is 0.102. The third kappa shape index (κ3) is 3.35. The maximum Gasteiger partial charge on any atom is 0.255 e. The molecule has 0 atom stereocenters. The Bertz CT molecular complexity index is 642. The number of hydrogen-bond acceptors (Lipinski definition) is 4. The lowest BCUT2D eigenvalue weighted by atomic mass is 10.1. The highest BCUT2D eigenvalue weighted by Gasteiger charge is 2.09. The van der Waals surface area contributed by atoms with Crippen molar-refractivity contribution in [1.29, 1.82) is 0 Å². The second kappa shape index (κ2) is 6.05. The monoisotopic (exact) mass is 276 g/mol. The van der Waals surface area contributed by atoms with Crippen LogP contribution in [-0.4, -0.2) is 22.8 Å². The molecule has 0 spiro atoms. The number of aromatic nitrogens is 1. The molecule has 1 amide bonds. The number of nitrogens with zero attached hydrogens (tertiary/aromatic N) is 1. The van der Waals surface area contributed by atoms with Crippen LogP contribution in [0.15, 0.2) is 35.2 Å². The highest BCUT2D eigenvalue weighted by atomic mass is 35.5. The van der Waals surface area contributed by atoms with E-state index in [2.05, 4.69) is 26.8 Å². The first kappa shape index (κ1) is 13.1. The fraction of sp³-hybridized carbons (Fsp3) is 0.0769. The Kier molecular flexibility index (Phi) is 4.18. The van der Waals surface area contributed by atoms with Crippen LogP contribution in [-0.2, 0) is 0 Å².